The van der Waals surface area contributed by atoms with Crippen molar-refractivity contribution in [2.24, 2.45) is 0 Å². The zero-order valence-electron chi connectivity index (χ0n) is 31.0. The number of amides is 1. The minimum Gasteiger partial charge on any atom is -0.494 e. The molecule has 0 saturated carbocycles. The zero-order valence-corrected chi connectivity index (χ0v) is 31.8. The van der Waals surface area contributed by atoms with Crippen LogP contribution in [0.15, 0.2) is 109 Å². The SMILES string of the molecule is CCOc1ccc(OCCOc2ccc(CN3CCN(C(=O)C=Cc4cc(C)c(Oc5ccc(OCc6ccc(C)cc6)cn5)c(Cl)c4)CC3)cc2)cc1. The molecular weight excluding hydrogens is 702 g/mol. The number of aromatic nitrogens is 1. The molecule has 1 aromatic heterocycles. The van der Waals surface area contributed by atoms with Gasteiger partial charge in [0.15, 0.2) is 5.75 Å². The summed E-state index contributed by atoms with van der Waals surface area (Å²) in [5, 5.41) is 0.436. The summed E-state index contributed by atoms with van der Waals surface area (Å²) in [6.07, 6.45) is 5.04. The van der Waals surface area contributed by atoms with E-state index >= 15 is 0 Å². The minimum absolute atomic E-state index is 0.0226. The average Bonchev–Trinajstić information content (AvgIpc) is 3.19. The average molecular weight is 748 g/mol. The highest BCUT2D eigenvalue weighted by Crippen LogP contribution is 2.34. The van der Waals surface area contributed by atoms with Crippen LogP contribution in [0, 0.1) is 13.8 Å². The van der Waals surface area contributed by atoms with E-state index in [4.69, 9.17) is 35.3 Å². The Bertz CT molecular complexity index is 1950. The van der Waals surface area contributed by atoms with Gasteiger partial charge in [0, 0.05) is 44.9 Å². The lowest BCUT2D eigenvalue weighted by Crippen LogP contribution is -2.47. The number of benzene rings is 4. The summed E-state index contributed by atoms with van der Waals surface area (Å²) >= 11 is 6.63. The van der Waals surface area contributed by atoms with Gasteiger partial charge in [0.1, 0.15) is 42.8 Å². The minimum atomic E-state index is -0.0226. The summed E-state index contributed by atoms with van der Waals surface area (Å²) in [4.78, 5) is 21.7. The maximum absolute atomic E-state index is 13.1. The molecule has 5 aromatic rings. The van der Waals surface area contributed by atoms with E-state index in [1.165, 1.54) is 11.1 Å². The first kappa shape index (κ1) is 38.2. The fourth-order valence-corrected chi connectivity index (χ4v) is 6.23. The molecule has 0 N–H and O–H groups in total. The first-order valence-corrected chi connectivity index (χ1v) is 18.6. The number of aryl methyl sites for hydroxylation is 2. The van der Waals surface area contributed by atoms with E-state index in [0.717, 1.165) is 53.6 Å². The Balaban J connectivity index is 0.905. The van der Waals surface area contributed by atoms with Crippen LogP contribution in [0.1, 0.15) is 34.7 Å². The van der Waals surface area contributed by atoms with Crippen molar-refractivity contribution in [1.29, 1.82) is 0 Å². The molecule has 0 aliphatic carbocycles. The van der Waals surface area contributed by atoms with E-state index in [0.29, 0.717) is 61.9 Å². The summed E-state index contributed by atoms with van der Waals surface area (Å²) in [5.41, 5.74) is 5.14. The standard InChI is InChI=1S/C44H46ClN3O6/c1-4-50-37-14-16-39(17-15-37)52-26-25-51-38-12-9-34(10-13-38)30-47-21-23-48(24-22-47)43(49)20-11-36-27-33(3)44(41(45)28-36)54-42-19-18-40(29-46-42)53-31-35-7-5-32(2)6-8-35/h5-20,27-29H,4,21-26,30-31H2,1-3H3. The second kappa shape index (κ2) is 19.0. The predicted molar refractivity (Wildman–Crippen MR) is 212 cm³/mol. The smallest absolute Gasteiger partial charge is 0.246 e. The number of hydrogen-bond donors (Lipinski definition) is 0. The molecule has 6 rings (SSSR count). The monoisotopic (exact) mass is 747 g/mol. The van der Waals surface area contributed by atoms with Gasteiger partial charge >= 0.3 is 0 Å². The van der Waals surface area contributed by atoms with Crippen LogP contribution < -0.4 is 23.7 Å². The lowest BCUT2D eigenvalue weighted by molar-refractivity contribution is -0.127. The third-order valence-corrected chi connectivity index (χ3v) is 9.16. The molecule has 9 nitrogen and oxygen atoms in total. The van der Waals surface area contributed by atoms with Crippen LogP contribution in [-0.4, -0.2) is 66.7 Å². The molecule has 1 fully saturated rings. The lowest BCUT2D eigenvalue weighted by atomic mass is 10.1. The van der Waals surface area contributed by atoms with E-state index in [2.05, 4.69) is 41.1 Å². The van der Waals surface area contributed by atoms with Crippen LogP contribution >= 0.6 is 11.6 Å². The van der Waals surface area contributed by atoms with Crippen LogP contribution in [0.5, 0.6) is 34.6 Å². The molecule has 2 heterocycles. The molecule has 1 aliphatic rings. The van der Waals surface area contributed by atoms with Crippen molar-refractivity contribution in [3.63, 3.8) is 0 Å². The second-order valence-corrected chi connectivity index (χ2v) is 13.4. The Labute approximate surface area is 322 Å². The van der Waals surface area contributed by atoms with Gasteiger partial charge in [0.25, 0.3) is 0 Å². The van der Waals surface area contributed by atoms with E-state index in [1.807, 2.05) is 79.4 Å². The van der Waals surface area contributed by atoms with Crippen LogP contribution in [0.3, 0.4) is 0 Å². The highest BCUT2D eigenvalue weighted by Gasteiger charge is 2.20. The molecule has 0 spiro atoms. The van der Waals surface area contributed by atoms with Crippen molar-refractivity contribution in [2.75, 3.05) is 46.0 Å². The van der Waals surface area contributed by atoms with E-state index in [-0.39, 0.29) is 5.91 Å². The van der Waals surface area contributed by atoms with Gasteiger partial charge in [-0.15, -0.1) is 0 Å². The van der Waals surface area contributed by atoms with Gasteiger partial charge in [0.05, 0.1) is 17.8 Å². The first-order chi connectivity index (χ1) is 26.3. The van der Waals surface area contributed by atoms with E-state index in [1.54, 1.807) is 30.5 Å². The van der Waals surface area contributed by atoms with Crippen LogP contribution in [0.4, 0.5) is 0 Å². The Morgan fingerprint density at radius 3 is 1.96 bits per heavy atom. The Morgan fingerprint density at radius 2 is 1.35 bits per heavy atom. The third-order valence-electron chi connectivity index (χ3n) is 8.88. The lowest BCUT2D eigenvalue weighted by Gasteiger charge is -2.34. The van der Waals surface area contributed by atoms with Crippen molar-refractivity contribution in [2.45, 2.75) is 33.9 Å². The Morgan fingerprint density at radius 1 is 0.741 bits per heavy atom. The van der Waals surface area contributed by atoms with Gasteiger partial charge in [-0.25, -0.2) is 4.98 Å². The number of piperazine rings is 1. The van der Waals surface area contributed by atoms with Gasteiger partial charge in [0.2, 0.25) is 11.8 Å². The van der Waals surface area contributed by atoms with Crippen molar-refractivity contribution in [3.05, 3.63) is 142 Å². The molecule has 0 radical (unpaired) electrons. The number of rotatable bonds is 16. The number of pyridine rings is 1. The quantitative estimate of drug-likeness (QED) is 0.0732. The summed E-state index contributed by atoms with van der Waals surface area (Å²) in [7, 11) is 0. The Kier molecular flexibility index (Phi) is 13.5. The summed E-state index contributed by atoms with van der Waals surface area (Å²) < 4.78 is 29.0. The molecule has 4 aromatic carbocycles. The largest absolute Gasteiger partial charge is 0.494 e. The number of ether oxygens (including phenoxy) is 5. The fraction of sp³-hybridized carbons (Fsp3) is 0.273. The zero-order chi connectivity index (χ0) is 37.7. The van der Waals surface area contributed by atoms with Crippen molar-refractivity contribution >= 4 is 23.6 Å². The van der Waals surface area contributed by atoms with Crippen molar-refractivity contribution in [1.82, 2.24) is 14.8 Å². The second-order valence-electron chi connectivity index (χ2n) is 13.0. The molecule has 0 bridgehead atoms. The topological polar surface area (TPSA) is 82.6 Å². The molecule has 280 valence electrons. The molecular formula is C44H46ClN3O6. The van der Waals surface area contributed by atoms with Crippen molar-refractivity contribution < 1.29 is 28.5 Å². The van der Waals surface area contributed by atoms with Crippen LogP contribution in [0.2, 0.25) is 5.02 Å². The third kappa shape index (κ3) is 11.2. The normalized spacial score (nSPS) is 13.1. The first-order valence-electron chi connectivity index (χ1n) is 18.2. The van der Waals surface area contributed by atoms with E-state index in [9.17, 15) is 4.79 Å². The Hall–Kier alpha value is -5.51. The van der Waals surface area contributed by atoms with Gasteiger partial charge < -0.3 is 28.6 Å². The summed E-state index contributed by atoms with van der Waals surface area (Å²) in [5.74, 6) is 3.96. The van der Waals surface area contributed by atoms with Gasteiger partial charge in [-0.2, -0.15) is 0 Å². The molecule has 0 atom stereocenters. The molecule has 1 amide bonds. The number of nitrogens with zero attached hydrogens (tertiary/aromatic N) is 3. The molecule has 1 aliphatic heterocycles. The van der Waals surface area contributed by atoms with Gasteiger partial charge in [-0.1, -0.05) is 53.6 Å². The molecule has 54 heavy (non-hydrogen) atoms. The maximum atomic E-state index is 13.1. The number of halogens is 1. The number of hydrogen-bond acceptors (Lipinski definition) is 8. The highest BCUT2D eigenvalue weighted by atomic mass is 35.5. The van der Waals surface area contributed by atoms with Gasteiger partial charge in [-0.3, -0.25) is 9.69 Å². The van der Waals surface area contributed by atoms with E-state index < -0.39 is 0 Å². The number of carbonyl (C=O) groups excluding carboxylic acids is 1. The maximum Gasteiger partial charge on any atom is 0.246 e. The van der Waals surface area contributed by atoms with Crippen LogP contribution in [-0.2, 0) is 17.9 Å². The van der Waals surface area contributed by atoms with Gasteiger partial charge in [-0.05, 0) is 104 Å². The summed E-state index contributed by atoms with van der Waals surface area (Å²) in [6.45, 7) is 11.7. The molecule has 10 heteroatoms. The van der Waals surface area contributed by atoms with Crippen LogP contribution in [0.25, 0.3) is 6.08 Å². The summed E-state index contributed by atoms with van der Waals surface area (Å²) in [6, 6.07) is 31.2. The predicted octanol–water partition coefficient (Wildman–Crippen LogP) is 8.94. The number of carbonyl (C=O) groups is 1. The highest BCUT2D eigenvalue weighted by molar-refractivity contribution is 6.32. The fourth-order valence-electron chi connectivity index (χ4n) is 5.92. The molecule has 1 saturated heterocycles. The van der Waals surface area contributed by atoms with Crippen molar-refractivity contribution in [3.8, 4) is 34.6 Å². The molecule has 0 unspecified atom stereocenters.